The fraction of sp³-hybridized carbons (Fsp3) is 0.529. The Hall–Kier alpha value is -2.90. The number of anilines is 1. The zero-order chi connectivity index (χ0) is 27.8. The Morgan fingerprint density at radius 3 is 2.63 bits per heavy atom. The topological polar surface area (TPSA) is 63.7 Å². The molecule has 4 aliphatic rings. The number of hydrogen-bond donors (Lipinski definition) is 1. The molecule has 2 saturated carbocycles. The van der Waals surface area contributed by atoms with Gasteiger partial charge in [-0.1, -0.05) is 80.7 Å². The van der Waals surface area contributed by atoms with E-state index in [4.69, 9.17) is 14.5 Å². The van der Waals surface area contributed by atoms with E-state index in [-0.39, 0.29) is 18.7 Å². The number of carbonyl (C=O) groups is 1. The Kier molecular flexibility index (Phi) is 7.50. The van der Waals surface area contributed by atoms with Gasteiger partial charge in [0.2, 0.25) is 12.7 Å². The summed E-state index contributed by atoms with van der Waals surface area (Å²) in [6.07, 6.45) is 14.2. The number of aromatic nitrogens is 1. The summed E-state index contributed by atoms with van der Waals surface area (Å²) < 4.78 is 11.1. The first kappa shape index (κ1) is 27.0. The highest BCUT2D eigenvalue weighted by Gasteiger charge is 2.52. The van der Waals surface area contributed by atoms with Crippen LogP contribution in [-0.4, -0.2) is 35.7 Å². The van der Waals surface area contributed by atoms with Crippen LogP contribution in [0, 0.1) is 11.8 Å². The minimum absolute atomic E-state index is 0.0247. The van der Waals surface area contributed by atoms with Crippen LogP contribution < -0.4 is 14.8 Å². The van der Waals surface area contributed by atoms with Gasteiger partial charge in [0.15, 0.2) is 16.6 Å². The third kappa shape index (κ3) is 5.39. The van der Waals surface area contributed by atoms with E-state index in [0.717, 1.165) is 55.3 Å². The van der Waals surface area contributed by atoms with Gasteiger partial charge in [0.25, 0.3) is 0 Å². The molecule has 3 fully saturated rings. The van der Waals surface area contributed by atoms with Crippen LogP contribution in [0.2, 0.25) is 0 Å². The van der Waals surface area contributed by atoms with Crippen molar-refractivity contribution in [3.63, 3.8) is 0 Å². The smallest absolute Gasteiger partial charge is 0.236 e. The number of likely N-dealkylation sites (tertiary alicyclic amines) is 1. The number of carbonyl (C=O) groups excluding carboxylic acids is 1. The number of thiazole rings is 1. The highest BCUT2D eigenvalue weighted by atomic mass is 32.1. The standard InChI is InChI=1S/C34H41N3O3S/c1-23(24-9-3-2-4-10-24)19-25-11-5-6-12-27(25)31(37-17-7-8-18-37)30-21-35-33(41-30)36-32(38)34(15-16-34)26-13-14-28-29(20-26)40-22-39-28/h5-6,11-14,20-21,23-24,31H,2-4,7-10,15-19,22H2,1H3,(H,35,36,38). The predicted molar refractivity (Wildman–Crippen MR) is 163 cm³/mol. The van der Waals surface area contributed by atoms with Gasteiger partial charge in [0.05, 0.1) is 11.5 Å². The summed E-state index contributed by atoms with van der Waals surface area (Å²) in [5.41, 5.74) is 3.37. The zero-order valence-electron chi connectivity index (χ0n) is 24.1. The average molecular weight is 572 g/mol. The Balaban J connectivity index is 1.12. The number of ether oxygens (including phenoxy) is 2. The molecule has 2 aliphatic carbocycles. The van der Waals surface area contributed by atoms with Gasteiger partial charge in [-0.2, -0.15) is 0 Å². The zero-order valence-corrected chi connectivity index (χ0v) is 24.9. The largest absolute Gasteiger partial charge is 0.454 e. The van der Waals surface area contributed by atoms with E-state index in [1.165, 1.54) is 60.9 Å². The van der Waals surface area contributed by atoms with Crippen LogP contribution in [0.4, 0.5) is 5.13 Å². The van der Waals surface area contributed by atoms with Crippen LogP contribution in [0.5, 0.6) is 11.5 Å². The number of fused-ring (bicyclic) bond motifs is 1. The van der Waals surface area contributed by atoms with Crippen molar-refractivity contribution in [3.8, 4) is 11.5 Å². The van der Waals surface area contributed by atoms with Gasteiger partial charge in [0, 0.05) is 11.1 Å². The molecule has 0 radical (unpaired) electrons. The Morgan fingerprint density at radius 1 is 1.05 bits per heavy atom. The first-order chi connectivity index (χ1) is 20.1. The SMILES string of the molecule is CC(Cc1ccccc1C(c1cnc(NC(=O)C2(c3ccc4c(c3)OCO4)CC2)s1)N1CCCC1)C1CCCCC1. The Labute approximate surface area is 247 Å². The maximum Gasteiger partial charge on any atom is 0.236 e. The second kappa shape index (κ2) is 11.4. The third-order valence-corrected chi connectivity index (χ3v) is 10.9. The van der Waals surface area contributed by atoms with Gasteiger partial charge in [-0.25, -0.2) is 4.98 Å². The molecule has 3 aromatic rings. The van der Waals surface area contributed by atoms with Crippen molar-refractivity contribution in [3.05, 3.63) is 70.2 Å². The van der Waals surface area contributed by atoms with Crippen LogP contribution in [0.1, 0.15) is 92.3 Å². The maximum absolute atomic E-state index is 13.6. The van der Waals surface area contributed by atoms with Gasteiger partial charge in [0.1, 0.15) is 0 Å². The van der Waals surface area contributed by atoms with Crippen LogP contribution in [0.15, 0.2) is 48.7 Å². The summed E-state index contributed by atoms with van der Waals surface area (Å²) in [5.74, 6) is 3.03. The van der Waals surface area contributed by atoms with E-state index in [1.807, 2.05) is 24.4 Å². The van der Waals surface area contributed by atoms with Crippen LogP contribution >= 0.6 is 11.3 Å². The van der Waals surface area contributed by atoms with Gasteiger partial charge >= 0.3 is 0 Å². The number of rotatable bonds is 9. The van der Waals surface area contributed by atoms with E-state index >= 15 is 0 Å². The fourth-order valence-electron chi connectivity index (χ4n) is 7.39. The summed E-state index contributed by atoms with van der Waals surface area (Å²) in [6, 6.07) is 15.2. The Morgan fingerprint density at radius 2 is 1.83 bits per heavy atom. The summed E-state index contributed by atoms with van der Waals surface area (Å²) >= 11 is 1.64. The lowest BCUT2D eigenvalue weighted by molar-refractivity contribution is -0.118. The third-order valence-electron chi connectivity index (χ3n) is 9.98. The molecule has 2 aromatic carbocycles. The molecule has 1 saturated heterocycles. The highest BCUT2D eigenvalue weighted by Crippen LogP contribution is 2.51. The van der Waals surface area contributed by atoms with Crippen molar-refractivity contribution in [1.82, 2.24) is 9.88 Å². The van der Waals surface area contributed by atoms with Crippen molar-refractivity contribution >= 4 is 22.4 Å². The number of benzene rings is 2. The van der Waals surface area contributed by atoms with Gasteiger partial charge in [-0.05, 0) is 85.9 Å². The normalized spacial score (nSPS) is 21.5. The molecule has 1 N–H and O–H groups in total. The molecular weight excluding hydrogens is 530 g/mol. The van der Waals surface area contributed by atoms with Gasteiger partial charge in [-0.3, -0.25) is 9.69 Å². The summed E-state index contributed by atoms with van der Waals surface area (Å²) in [5, 5.41) is 3.89. The highest BCUT2D eigenvalue weighted by molar-refractivity contribution is 7.15. The molecule has 7 heteroatoms. The van der Waals surface area contributed by atoms with Gasteiger partial charge in [-0.15, -0.1) is 0 Å². The molecule has 7 rings (SSSR count). The molecule has 1 amide bonds. The number of nitrogens with zero attached hydrogens (tertiary/aromatic N) is 2. The lowest BCUT2D eigenvalue weighted by Crippen LogP contribution is -2.28. The molecule has 2 atom stereocenters. The lowest BCUT2D eigenvalue weighted by Gasteiger charge is -2.31. The van der Waals surface area contributed by atoms with E-state index in [9.17, 15) is 4.79 Å². The molecule has 0 bridgehead atoms. The maximum atomic E-state index is 13.6. The van der Waals surface area contributed by atoms with Crippen molar-refractivity contribution in [2.45, 2.75) is 82.6 Å². The molecule has 0 spiro atoms. The predicted octanol–water partition coefficient (Wildman–Crippen LogP) is 7.49. The van der Waals surface area contributed by atoms with Crippen LogP contribution in [-0.2, 0) is 16.6 Å². The summed E-state index contributed by atoms with van der Waals surface area (Å²) in [7, 11) is 0. The number of hydrogen-bond acceptors (Lipinski definition) is 6. The van der Waals surface area contributed by atoms with Crippen LogP contribution in [0.3, 0.4) is 0 Å². The Bertz CT molecular complexity index is 1390. The summed E-state index contributed by atoms with van der Waals surface area (Å²) in [4.78, 5) is 22.2. The molecule has 41 heavy (non-hydrogen) atoms. The quantitative estimate of drug-likeness (QED) is 0.288. The van der Waals surface area contributed by atoms with E-state index in [0.29, 0.717) is 11.0 Å². The lowest BCUT2D eigenvalue weighted by atomic mass is 9.77. The average Bonchev–Trinajstić information content (AvgIpc) is 3.34. The monoisotopic (exact) mass is 571 g/mol. The van der Waals surface area contributed by atoms with E-state index in [2.05, 4.69) is 41.4 Å². The van der Waals surface area contributed by atoms with Crippen molar-refractivity contribution in [1.29, 1.82) is 0 Å². The second-order valence-corrected chi connectivity index (χ2v) is 13.7. The number of nitrogens with one attached hydrogen (secondary N) is 1. The first-order valence-electron chi connectivity index (χ1n) is 15.6. The van der Waals surface area contributed by atoms with Crippen LogP contribution in [0.25, 0.3) is 0 Å². The summed E-state index contributed by atoms with van der Waals surface area (Å²) in [6.45, 7) is 4.90. The van der Waals surface area contributed by atoms with Crippen molar-refractivity contribution < 1.29 is 14.3 Å². The van der Waals surface area contributed by atoms with E-state index in [1.54, 1.807) is 11.3 Å². The number of amides is 1. The van der Waals surface area contributed by atoms with Crippen molar-refractivity contribution in [2.75, 3.05) is 25.2 Å². The minimum atomic E-state index is -0.511. The molecular formula is C34H41N3O3S. The second-order valence-electron chi connectivity index (χ2n) is 12.6. The molecule has 1 aromatic heterocycles. The molecule has 2 unspecified atom stereocenters. The first-order valence-corrected chi connectivity index (χ1v) is 16.4. The molecule has 3 heterocycles. The molecule has 6 nitrogen and oxygen atoms in total. The molecule has 2 aliphatic heterocycles. The fourth-order valence-corrected chi connectivity index (χ4v) is 8.35. The van der Waals surface area contributed by atoms with Gasteiger partial charge < -0.3 is 14.8 Å². The molecule has 216 valence electrons. The van der Waals surface area contributed by atoms with Crippen molar-refractivity contribution in [2.24, 2.45) is 11.8 Å². The minimum Gasteiger partial charge on any atom is -0.454 e. The van der Waals surface area contributed by atoms with E-state index < -0.39 is 5.41 Å².